The molecule has 10 nitrogen and oxygen atoms in total. The number of nitrogens with zero attached hydrogens (tertiary/aromatic N) is 6. The molecule has 2 N–H and O–H groups in total. The van der Waals surface area contributed by atoms with Crippen molar-refractivity contribution in [3.05, 3.63) is 77.7 Å². The number of ether oxygens (including phenoxy) is 1. The number of nitrogens with one attached hydrogen (secondary N) is 2. The molecule has 2 aliphatic rings. The molecule has 2 unspecified atom stereocenters. The molecule has 4 bridgehead atoms. The number of rotatable bonds is 5. The number of carbonyl (C=O) groups is 1. The zero-order chi connectivity index (χ0) is 35.0. The van der Waals surface area contributed by atoms with Crippen molar-refractivity contribution < 1.29 is 9.53 Å². The van der Waals surface area contributed by atoms with Gasteiger partial charge in [-0.25, -0.2) is 14.6 Å². The van der Waals surface area contributed by atoms with E-state index in [0.29, 0.717) is 40.6 Å². The maximum Gasteiger partial charge on any atom is 0.265 e. The zero-order valence-electron chi connectivity index (χ0n) is 30.1. The van der Waals surface area contributed by atoms with Crippen molar-refractivity contribution in [2.75, 3.05) is 23.4 Å². The van der Waals surface area contributed by atoms with E-state index < -0.39 is 0 Å². The Labute approximate surface area is 295 Å². The second kappa shape index (κ2) is 13.7. The molecule has 1 saturated heterocycles. The number of pyridine rings is 3. The molecule has 6 rings (SSSR count). The summed E-state index contributed by atoms with van der Waals surface area (Å²) < 4.78 is 10.7. The summed E-state index contributed by atoms with van der Waals surface area (Å²) in [6, 6.07) is 15.7. The molecule has 260 valence electrons. The fraction of sp³-hybridized carbons (Fsp3) is 0.500. The first-order valence-corrected chi connectivity index (χ1v) is 18.1. The normalized spacial score (nSPS) is 19.7. The fourth-order valence-electron chi connectivity index (χ4n) is 6.56. The first-order valence-electron chi connectivity index (χ1n) is 17.3. The van der Waals surface area contributed by atoms with Crippen molar-refractivity contribution in [2.45, 2.75) is 103 Å². The van der Waals surface area contributed by atoms with Gasteiger partial charge in [-0.15, -0.1) is 5.10 Å². The van der Waals surface area contributed by atoms with Gasteiger partial charge >= 0.3 is 0 Å². The van der Waals surface area contributed by atoms with E-state index in [0.717, 1.165) is 43.7 Å². The Kier molecular flexibility index (Phi) is 9.68. The SMILES string of the molecule is CC(C)(C)CCOc1ccn(-c2ccc3c(n2)N2CC(CCC(c4cc(C(C)(C)C)ccn4)Nc4cccc(n4)SNC3=O)CC2(C)C)n1. The number of hydrogen-bond donors (Lipinski definition) is 2. The van der Waals surface area contributed by atoms with Gasteiger partial charge in [0, 0.05) is 42.5 Å². The number of anilines is 2. The highest BCUT2D eigenvalue weighted by atomic mass is 32.2. The third-order valence-corrected chi connectivity index (χ3v) is 10.1. The molecule has 49 heavy (non-hydrogen) atoms. The van der Waals surface area contributed by atoms with Gasteiger partial charge in [0.05, 0.1) is 23.9 Å². The highest BCUT2D eigenvalue weighted by molar-refractivity contribution is 7.97. The molecule has 2 aliphatic heterocycles. The Morgan fingerprint density at radius 3 is 2.61 bits per heavy atom. The summed E-state index contributed by atoms with van der Waals surface area (Å²) in [5, 5.41) is 9.04. The summed E-state index contributed by atoms with van der Waals surface area (Å²) in [6.07, 6.45) is 7.53. The van der Waals surface area contributed by atoms with Crippen LogP contribution in [0.2, 0.25) is 0 Å². The van der Waals surface area contributed by atoms with Crippen molar-refractivity contribution in [3.63, 3.8) is 0 Å². The molecule has 0 radical (unpaired) electrons. The van der Waals surface area contributed by atoms with Crippen LogP contribution in [0.5, 0.6) is 5.88 Å². The Balaban J connectivity index is 1.33. The van der Waals surface area contributed by atoms with Crippen molar-refractivity contribution >= 4 is 29.5 Å². The van der Waals surface area contributed by atoms with E-state index in [9.17, 15) is 4.79 Å². The van der Waals surface area contributed by atoms with Crippen molar-refractivity contribution in [3.8, 4) is 11.7 Å². The summed E-state index contributed by atoms with van der Waals surface area (Å²) in [5.74, 6) is 2.76. The summed E-state index contributed by atoms with van der Waals surface area (Å²) in [6.45, 7) is 19.1. The fourth-order valence-corrected chi connectivity index (χ4v) is 7.16. The second-order valence-corrected chi connectivity index (χ2v) is 17.0. The van der Waals surface area contributed by atoms with E-state index in [2.05, 4.69) is 87.6 Å². The van der Waals surface area contributed by atoms with Crippen LogP contribution in [-0.2, 0) is 5.41 Å². The van der Waals surface area contributed by atoms with Gasteiger partial charge in [0.1, 0.15) is 16.7 Å². The maximum absolute atomic E-state index is 13.8. The van der Waals surface area contributed by atoms with Crippen LogP contribution in [-0.4, -0.2) is 49.3 Å². The average Bonchev–Trinajstić information content (AvgIpc) is 3.63. The standard InChI is InChI=1S/C38H50N8O2S/c1-36(2,3)18-21-48-32-17-20-46(43-32)31-15-13-27-34(42-31)45-24-25(23-38(45,7)8)12-14-28(29-22-26(16-19-39-29)37(4,5)6)40-30-10-9-11-33(41-30)49-44-35(27)47/h9-11,13,15-17,19-20,22,25,28H,12,14,18,21,23-24H2,1-8H3,(H,40,41)(H,44,47). The van der Waals surface area contributed by atoms with E-state index in [1.807, 2.05) is 48.8 Å². The van der Waals surface area contributed by atoms with E-state index in [1.54, 1.807) is 4.68 Å². The van der Waals surface area contributed by atoms with Crippen molar-refractivity contribution in [1.29, 1.82) is 0 Å². The lowest BCUT2D eigenvalue weighted by Crippen LogP contribution is -2.40. The molecule has 0 saturated carbocycles. The van der Waals surface area contributed by atoms with Gasteiger partial charge in [-0.05, 0) is 98.2 Å². The third kappa shape index (κ3) is 8.37. The minimum Gasteiger partial charge on any atom is -0.477 e. The molecule has 2 atom stereocenters. The molecule has 0 aliphatic carbocycles. The first kappa shape index (κ1) is 34.7. The number of carbonyl (C=O) groups excluding carboxylic acids is 1. The summed E-state index contributed by atoms with van der Waals surface area (Å²) in [4.78, 5) is 30.9. The van der Waals surface area contributed by atoms with Crippen molar-refractivity contribution in [1.82, 2.24) is 29.5 Å². The van der Waals surface area contributed by atoms with E-state index >= 15 is 0 Å². The van der Waals surface area contributed by atoms with E-state index in [1.165, 1.54) is 17.5 Å². The van der Waals surface area contributed by atoms with Crippen LogP contribution in [0.15, 0.2) is 66.0 Å². The number of aromatic nitrogens is 5. The molecular formula is C38H50N8O2S. The highest BCUT2D eigenvalue weighted by Gasteiger charge is 2.41. The van der Waals surface area contributed by atoms with Crippen LogP contribution in [0, 0.1) is 11.3 Å². The lowest BCUT2D eigenvalue weighted by atomic mass is 9.86. The Hall–Kier alpha value is -4.12. The minimum atomic E-state index is -0.222. The largest absolute Gasteiger partial charge is 0.477 e. The quantitative estimate of drug-likeness (QED) is 0.202. The summed E-state index contributed by atoms with van der Waals surface area (Å²) >= 11 is 1.20. The van der Waals surface area contributed by atoms with Crippen LogP contribution in [0.4, 0.5) is 11.6 Å². The van der Waals surface area contributed by atoms with Gasteiger partial charge in [0.25, 0.3) is 5.91 Å². The molecule has 11 heteroatoms. The van der Waals surface area contributed by atoms with Gasteiger partial charge < -0.3 is 15.0 Å². The Morgan fingerprint density at radius 1 is 1.02 bits per heavy atom. The molecule has 6 heterocycles. The lowest BCUT2D eigenvalue weighted by Gasteiger charge is -2.34. The van der Waals surface area contributed by atoms with Crippen LogP contribution in [0.25, 0.3) is 5.82 Å². The molecule has 0 spiro atoms. The first-order chi connectivity index (χ1) is 23.1. The van der Waals surface area contributed by atoms with Gasteiger partial charge in [-0.2, -0.15) is 0 Å². The van der Waals surface area contributed by atoms with Crippen LogP contribution in [0.1, 0.15) is 109 Å². The maximum atomic E-state index is 13.8. The topological polar surface area (TPSA) is 110 Å². The van der Waals surface area contributed by atoms with Crippen molar-refractivity contribution in [2.24, 2.45) is 11.3 Å². The van der Waals surface area contributed by atoms with Crippen LogP contribution in [0.3, 0.4) is 0 Å². The average molecular weight is 683 g/mol. The van der Waals surface area contributed by atoms with E-state index in [-0.39, 0.29) is 28.3 Å². The zero-order valence-corrected chi connectivity index (χ0v) is 30.9. The predicted molar refractivity (Wildman–Crippen MR) is 197 cm³/mol. The smallest absolute Gasteiger partial charge is 0.265 e. The molecule has 4 aromatic rings. The third-order valence-electron chi connectivity index (χ3n) is 9.38. The minimum absolute atomic E-state index is 0.0107. The predicted octanol–water partition coefficient (Wildman–Crippen LogP) is 8.16. The summed E-state index contributed by atoms with van der Waals surface area (Å²) in [7, 11) is 0. The molecule has 0 aromatic carbocycles. The highest BCUT2D eigenvalue weighted by Crippen LogP contribution is 2.41. The Morgan fingerprint density at radius 2 is 1.84 bits per heavy atom. The Bertz CT molecular complexity index is 1790. The lowest BCUT2D eigenvalue weighted by molar-refractivity contribution is 0.0984. The second-order valence-electron chi connectivity index (χ2n) is 16.2. The monoisotopic (exact) mass is 682 g/mol. The number of hydrogen-bond acceptors (Lipinski definition) is 9. The molecule has 4 aromatic heterocycles. The van der Waals surface area contributed by atoms with E-state index in [4.69, 9.17) is 19.7 Å². The van der Waals surface area contributed by atoms with Gasteiger partial charge in [0.15, 0.2) is 5.82 Å². The number of fused-ring (bicyclic) bond motifs is 6. The number of amides is 1. The van der Waals surface area contributed by atoms with Crippen LogP contribution >= 0.6 is 11.9 Å². The molecule has 1 amide bonds. The molecular weight excluding hydrogens is 633 g/mol. The van der Waals surface area contributed by atoms with Gasteiger partial charge in [-0.3, -0.25) is 14.5 Å². The van der Waals surface area contributed by atoms with Crippen LogP contribution < -0.4 is 19.7 Å². The van der Waals surface area contributed by atoms with Gasteiger partial charge in [0.2, 0.25) is 5.88 Å². The summed E-state index contributed by atoms with van der Waals surface area (Å²) in [5.41, 5.74) is 2.75. The molecule has 1 fully saturated rings. The van der Waals surface area contributed by atoms with Gasteiger partial charge in [-0.1, -0.05) is 47.6 Å².